The lowest BCUT2D eigenvalue weighted by Gasteiger charge is -2.14. The Hall–Kier alpha value is -2.93. The van der Waals surface area contributed by atoms with Crippen LogP contribution in [-0.2, 0) is 11.3 Å². The average Bonchev–Trinajstić information content (AvgIpc) is 3.52. The van der Waals surface area contributed by atoms with Crippen molar-refractivity contribution in [2.24, 2.45) is 0 Å². The van der Waals surface area contributed by atoms with E-state index in [0.717, 1.165) is 23.8 Å². The maximum Gasteiger partial charge on any atom is 0.237 e. The van der Waals surface area contributed by atoms with Gasteiger partial charge in [-0.25, -0.2) is 0 Å². The molecule has 0 spiro atoms. The molecule has 1 amide bonds. The molecule has 1 saturated carbocycles. The van der Waals surface area contributed by atoms with Crippen LogP contribution in [0.25, 0.3) is 0 Å². The first-order chi connectivity index (χ1) is 14.5. The summed E-state index contributed by atoms with van der Waals surface area (Å²) in [4.78, 5) is 24.3. The summed E-state index contributed by atoms with van der Waals surface area (Å²) in [6.07, 6.45) is 2.28. The number of ketones is 1. The molecule has 0 radical (unpaired) electrons. The molecule has 154 valence electrons. The van der Waals surface area contributed by atoms with Gasteiger partial charge in [0.15, 0.2) is 10.9 Å². The molecule has 0 aliphatic heterocycles. The van der Waals surface area contributed by atoms with E-state index in [9.17, 15) is 9.59 Å². The summed E-state index contributed by atoms with van der Waals surface area (Å²) < 4.78 is 2.14. The molecular weight excluding hydrogens is 396 g/mol. The van der Waals surface area contributed by atoms with Crippen LogP contribution in [-0.4, -0.2) is 31.7 Å². The van der Waals surface area contributed by atoms with Crippen molar-refractivity contribution in [3.8, 4) is 0 Å². The topological polar surface area (TPSA) is 76.9 Å². The fraction of sp³-hybridized carbons (Fsp3) is 0.304. The molecule has 1 fully saturated rings. The summed E-state index contributed by atoms with van der Waals surface area (Å²) in [5, 5.41) is 12.1. The lowest BCUT2D eigenvalue weighted by atomic mass is 10.1. The number of anilines is 1. The largest absolute Gasteiger partial charge is 0.325 e. The van der Waals surface area contributed by atoms with Crippen LogP contribution in [0.1, 0.15) is 54.4 Å². The van der Waals surface area contributed by atoms with Crippen molar-refractivity contribution in [2.45, 2.75) is 49.6 Å². The highest BCUT2D eigenvalue weighted by Crippen LogP contribution is 2.40. The molecule has 6 nitrogen and oxygen atoms in total. The van der Waals surface area contributed by atoms with Gasteiger partial charge in [0.25, 0.3) is 0 Å². The van der Waals surface area contributed by atoms with Crippen LogP contribution in [0.2, 0.25) is 0 Å². The Morgan fingerprint density at radius 1 is 1.13 bits per heavy atom. The second kappa shape index (κ2) is 8.83. The molecule has 1 aliphatic carbocycles. The summed E-state index contributed by atoms with van der Waals surface area (Å²) in [7, 11) is 0. The Bertz CT molecular complexity index is 1060. The van der Waals surface area contributed by atoms with Gasteiger partial charge in [0, 0.05) is 17.2 Å². The number of hydrogen-bond donors (Lipinski definition) is 1. The van der Waals surface area contributed by atoms with Gasteiger partial charge in [-0.05, 0) is 44.4 Å². The van der Waals surface area contributed by atoms with Crippen LogP contribution < -0.4 is 5.32 Å². The van der Waals surface area contributed by atoms with Gasteiger partial charge in [0.1, 0.15) is 5.82 Å². The monoisotopic (exact) mass is 420 g/mol. The third-order valence-electron chi connectivity index (χ3n) is 5.06. The molecule has 1 aromatic heterocycles. The minimum Gasteiger partial charge on any atom is -0.325 e. The molecule has 7 heteroatoms. The summed E-state index contributed by atoms with van der Waals surface area (Å²) in [5.74, 6) is 1.30. The molecule has 3 aromatic rings. The molecule has 4 rings (SSSR count). The number of hydrogen-bond acceptors (Lipinski definition) is 5. The molecule has 30 heavy (non-hydrogen) atoms. The van der Waals surface area contributed by atoms with E-state index in [2.05, 4.69) is 32.2 Å². The second-order valence-electron chi connectivity index (χ2n) is 7.57. The minimum absolute atomic E-state index is 0.0323. The van der Waals surface area contributed by atoms with Gasteiger partial charge in [-0.3, -0.25) is 9.59 Å². The Kier molecular flexibility index (Phi) is 5.99. The number of nitrogens with zero attached hydrogens (tertiary/aromatic N) is 3. The summed E-state index contributed by atoms with van der Waals surface area (Å²) in [6, 6.07) is 17.2. The van der Waals surface area contributed by atoms with Crippen molar-refractivity contribution in [1.82, 2.24) is 14.8 Å². The molecule has 2 aromatic carbocycles. The van der Waals surface area contributed by atoms with E-state index in [4.69, 9.17) is 0 Å². The van der Waals surface area contributed by atoms with Crippen molar-refractivity contribution >= 4 is 29.1 Å². The number of aromatic nitrogens is 3. The minimum atomic E-state index is -0.364. The number of thioether (sulfide) groups is 1. The Balaban J connectivity index is 1.48. The van der Waals surface area contributed by atoms with Crippen LogP contribution >= 0.6 is 11.8 Å². The van der Waals surface area contributed by atoms with Crippen molar-refractivity contribution in [1.29, 1.82) is 0 Å². The first kappa shape index (κ1) is 20.3. The van der Waals surface area contributed by atoms with Gasteiger partial charge in [0.2, 0.25) is 5.91 Å². The van der Waals surface area contributed by atoms with E-state index < -0.39 is 0 Å². The van der Waals surface area contributed by atoms with Gasteiger partial charge in [-0.1, -0.05) is 54.2 Å². The van der Waals surface area contributed by atoms with E-state index in [-0.39, 0.29) is 16.9 Å². The Labute approximate surface area is 180 Å². The highest BCUT2D eigenvalue weighted by atomic mass is 32.2. The average molecular weight is 421 g/mol. The number of amides is 1. The van der Waals surface area contributed by atoms with Gasteiger partial charge in [-0.15, -0.1) is 10.2 Å². The van der Waals surface area contributed by atoms with E-state index in [0.29, 0.717) is 23.7 Å². The van der Waals surface area contributed by atoms with Crippen LogP contribution in [0.5, 0.6) is 0 Å². The maximum atomic E-state index is 12.7. The van der Waals surface area contributed by atoms with Crippen LogP contribution in [0, 0.1) is 0 Å². The van der Waals surface area contributed by atoms with Crippen molar-refractivity contribution in [3.05, 3.63) is 71.5 Å². The fourth-order valence-electron chi connectivity index (χ4n) is 3.22. The predicted molar refractivity (Wildman–Crippen MR) is 118 cm³/mol. The van der Waals surface area contributed by atoms with Gasteiger partial charge < -0.3 is 9.88 Å². The normalized spacial score (nSPS) is 14.3. The van der Waals surface area contributed by atoms with E-state index >= 15 is 0 Å². The summed E-state index contributed by atoms with van der Waals surface area (Å²) in [5.41, 5.74) is 2.37. The smallest absolute Gasteiger partial charge is 0.237 e. The third-order valence-corrected chi connectivity index (χ3v) is 6.14. The lowest BCUT2D eigenvalue weighted by Crippen LogP contribution is -2.23. The Morgan fingerprint density at radius 2 is 1.90 bits per heavy atom. The number of benzene rings is 2. The lowest BCUT2D eigenvalue weighted by molar-refractivity contribution is -0.115. The predicted octanol–water partition coefficient (Wildman–Crippen LogP) is 4.53. The summed E-state index contributed by atoms with van der Waals surface area (Å²) >= 11 is 1.40. The molecule has 0 saturated heterocycles. The summed E-state index contributed by atoms with van der Waals surface area (Å²) in [6.45, 7) is 4.06. The maximum absolute atomic E-state index is 12.7. The van der Waals surface area contributed by atoms with Crippen LogP contribution in [0.15, 0.2) is 59.8 Å². The molecular formula is C23H24N4O2S. The third kappa shape index (κ3) is 4.79. The first-order valence-corrected chi connectivity index (χ1v) is 10.9. The van der Waals surface area contributed by atoms with Crippen molar-refractivity contribution in [3.63, 3.8) is 0 Å². The second-order valence-corrected chi connectivity index (χ2v) is 8.88. The number of nitrogens with one attached hydrogen (secondary N) is 1. The molecule has 1 aliphatic rings. The number of Topliss-reactive ketones (excluding diaryl/α,β-unsaturated/α-hetero) is 1. The van der Waals surface area contributed by atoms with Crippen LogP contribution in [0.3, 0.4) is 0 Å². The zero-order valence-corrected chi connectivity index (χ0v) is 17.9. The van der Waals surface area contributed by atoms with E-state index in [1.54, 1.807) is 24.3 Å². The zero-order valence-electron chi connectivity index (χ0n) is 17.0. The molecule has 1 atom stereocenters. The van der Waals surface area contributed by atoms with Crippen molar-refractivity contribution in [2.75, 3.05) is 5.32 Å². The molecule has 0 bridgehead atoms. The standard InChI is InChI=1S/C23H24N4O2S/c1-15(28)19-9-6-10-20(13-19)24-22(29)16(2)30-23-26-25-21(18-11-12-18)27(23)14-17-7-4-3-5-8-17/h3-10,13,16,18H,11-12,14H2,1-2H3,(H,24,29)/t16-/m0/s1. The number of rotatable bonds is 8. The van der Waals surface area contributed by atoms with Crippen LogP contribution in [0.4, 0.5) is 5.69 Å². The van der Waals surface area contributed by atoms with E-state index in [1.165, 1.54) is 24.2 Å². The van der Waals surface area contributed by atoms with E-state index in [1.807, 2.05) is 25.1 Å². The highest BCUT2D eigenvalue weighted by Gasteiger charge is 2.31. The SMILES string of the molecule is CC(=O)c1cccc(NC(=O)[C@H](C)Sc2nnc(C3CC3)n2Cc2ccccc2)c1. The zero-order chi connectivity index (χ0) is 21.1. The quantitative estimate of drug-likeness (QED) is 0.428. The number of carbonyl (C=O) groups is 2. The van der Waals surface area contributed by atoms with Gasteiger partial charge in [-0.2, -0.15) is 0 Å². The molecule has 0 unspecified atom stereocenters. The number of carbonyl (C=O) groups excluding carboxylic acids is 2. The molecule has 1 heterocycles. The Morgan fingerprint density at radius 3 is 2.60 bits per heavy atom. The van der Waals surface area contributed by atoms with Gasteiger partial charge >= 0.3 is 0 Å². The fourth-order valence-corrected chi connectivity index (χ4v) is 4.07. The van der Waals surface area contributed by atoms with Crippen molar-refractivity contribution < 1.29 is 9.59 Å². The molecule has 1 N–H and O–H groups in total. The highest BCUT2D eigenvalue weighted by molar-refractivity contribution is 8.00. The van der Waals surface area contributed by atoms with Gasteiger partial charge in [0.05, 0.1) is 11.8 Å². The first-order valence-electron chi connectivity index (χ1n) is 10.1.